The molecule has 0 aliphatic carbocycles. The number of aryl methyl sites for hydroxylation is 2. The van der Waals surface area contributed by atoms with Crippen LogP contribution in [0.25, 0.3) is 0 Å². The molecule has 1 aliphatic heterocycles. The molecule has 1 N–H and O–H groups in total. The van der Waals surface area contributed by atoms with E-state index in [1.165, 1.54) is 5.56 Å². The minimum Gasteiger partial charge on any atom is -0.481 e. The number of aliphatic imine (C=N–C) groups is 1. The predicted octanol–water partition coefficient (Wildman–Crippen LogP) is 5.40. The first-order valence-corrected chi connectivity index (χ1v) is 9.63. The predicted molar refractivity (Wildman–Crippen MR) is 112 cm³/mol. The third kappa shape index (κ3) is 4.51. The first kappa shape index (κ1) is 19.4. The summed E-state index contributed by atoms with van der Waals surface area (Å²) in [6, 6.07) is 12.2. The lowest BCUT2D eigenvalue weighted by atomic mass is 9.96. The molecule has 27 heavy (non-hydrogen) atoms. The highest BCUT2D eigenvalue weighted by atomic mass is 35.5. The van der Waals surface area contributed by atoms with E-state index >= 15 is 0 Å². The van der Waals surface area contributed by atoms with Crippen molar-refractivity contribution in [3.8, 4) is 0 Å². The van der Waals surface area contributed by atoms with Gasteiger partial charge in [-0.2, -0.15) is 0 Å². The van der Waals surface area contributed by atoms with E-state index in [2.05, 4.69) is 43.0 Å². The number of anilines is 1. The Morgan fingerprint density at radius 3 is 2.52 bits per heavy atom. The highest BCUT2D eigenvalue weighted by Crippen LogP contribution is 2.29. The lowest BCUT2D eigenvalue weighted by Crippen LogP contribution is -2.36. The summed E-state index contributed by atoms with van der Waals surface area (Å²) >= 11 is 6.45. The molecule has 2 aromatic carbocycles. The van der Waals surface area contributed by atoms with Crippen molar-refractivity contribution in [1.29, 1.82) is 0 Å². The van der Waals surface area contributed by atoms with Gasteiger partial charge in [-0.3, -0.25) is 9.79 Å². The van der Waals surface area contributed by atoms with Crippen molar-refractivity contribution in [3.63, 3.8) is 0 Å². The zero-order valence-corrected chi connectivity index (χ0v) is 16.8. The molecule has 4 nitrogen and oxygen atoms in total. The molecule has 0 bridgehead atoms. The van der Waals surface area contributed by atoms with Crippen LogP contribution < -0.4 is 4.90 Å². The zero-order valence-electron chi connectivity index (χ0n) is 16.0. The lowest BCUT2D eigenvalue weighted by molar-refractivity contribution is -0.142. The number of hydrogen-bond donors (Lipinski definition) is 1. The molecule has 0 radical (unpaired) electrons. The number of hydrogen-bond acceptors (Lipinski definition) is 3. The number of nitrogens with zero attached hydrogens (tertiary/aromatic N) is 2. The summed E-state index contributed by atoms with van der Waals surface area (Å²) in [5, 5.41) is 9.85. The Hall–Kier alpha value is -2.33. The fourth-order valence-corrected chi connectivity index (χ4v) is 3.71. The van der Waals surface area contributed by atoms with E-state index in [4.69, 9.17) is 16.6 Å². The molecule has 0 unspecified atom stereocenters. The van der Waals surface area contributed by atoms with Crippen molar-refractivity contribution in [1.82, 2.24) is 0 Å². The van der Waals surface area contributed by atoms with E-state index in [0.29, 0.717) is 17.9 Å². The van der Waals surface area contributed by atoms with Gasteiger partial charge in [0.15, 0.2) is 0 Å². The molecule has 0 amide bonds. The standard InChI is InChI=1S/C22H25ClN2O2/c1-14-4-5-15(2)21(12-14)24-16(3)19-13-18(6-7-20(19)23)25-10-8-17(9-11-25)22(26)27/h4-7,12-13,17H,8-11H2,1-3H3,(H,26,27)/b24-16+. The molecule has 142 valence electrons. The van der Waals surface area contributed by atoms with Crippen LogP contribution in [0.2, 0.25) is 5.02 Å². The SMILES string of the molecule is C/C(=N\c1cc(C)ccc1C)c1cc(N2CCC(C(=O)O)CC2)ccc1Cl. The first-order chi connectivity index (χ1) is 12.8. The molecule has 0 atom stereocenters. The summed E-state index contributed by atoms with van der Waals surface area (Å²) in [6.45, 7) is 7.57. The van der Waals surface area contributed by atoms with Crippen LogP contribution in [0.4, 0.5) is 11.4 Å². The number of aliphatic carboxylic acids is 1. The van der Waals surface area contributed by atoms with Gasteiger partial charge in [0.05, 0.1) is 11.6 Å². The topological polar surface area (TPSA) is 52.9 Å². The lowest BCUT2D eigenvalue weighted by Gasteiger charge is -2.32. The summed E-state index contributed by atoms with van der Waals surface area (Å²) in [4.78, 5) is 18.2. The van der Waals surface area contributed by atoms with Crippen LogP contribution in [-0.2, 0) is 4.79 Å². The van der Waals surface area contributed by atoms with Gasteiger partial charge in [-0.05, 0) is 69.0 Å². The Morgan fingerprint density at radius 2 is 1.85 bits per heavy atom. The second kappa shape index (κ2) is 8.13. The molecule has 0 saturated carbocycles. The molecule has 0 spiro atoms. The van der Waals surface area contributed by atoms with E-state index in [0.717, 1.165) is 41.3 Å². The molecule has 2 aromatic rings. The second-order valence-electron chi connectivity index (χ2n) is 7.25. The van der Waals surface area contributed by atoms with E-state index < -0.39 is 5.97 Å². The summed E-state index contributed by atoms with van der Waals surface area (Å²) in [5.74, 6) is -0.927. The maximum atomic E-state index is 11.2. The highest BCUT2D eigenvalue weighted by molar-refractivity contribution is 6.34. The number of piperidine rings is 1. The summed E-state index contributed by atoms with van der Waals surface area (Å²) in [5.41, 5.74) is 6.10. The van der Waals surface area contributed by atoms with Gasteiger partial charge in [-0.25, -0.2) is 0 Å². The van der Waals surface area contributed by atoms with Crippen LogP contribution in [0, 0.1) is 19.8 Å². The average molecular weight is 385 g/mol. The van der Waals surface area contributed by atoms with Gasteiger partial charge in [0.1, 0.15) is 0 Å². The maximum Gasteiger partial charge on any atom is 0.306 e. The number of carboxylic acids is 1. The Balaban J connectivity index is 1.86. The van der Waals surface area contributed by atoms with Gasteiger partial charge in [-0.15, -0.1) is 0 Å². The van der Waals surface area contributed by atoms with Crippen molar-refractivity contribution in [2.75, 3.05) is 18.0 Å². The number of carbonyl (C=O) groups is 1. The van der Waals surface area contributed by atoms with Crippen molar-refractivity contribution in [2.24, 2.45) is 10.9 Å². The molecule has 1 aliphatic rings. The Labute approximate surface area is 165 Å². The summed E-state index contributed by atoms with van der Waals surface area (Å²) in [6.07, 6.45) is 1.34. The Kier molecular flexibility index (Phi) is 5.85. The van der Waals surface area contributed by atoms with Crippen LogP contribution in [0.5, 0.6) is 0 Å². The van der Waals surface area contributed by atoms with Crippen molar-refractivity contribution in [3.05, 3.63) is 58.1 Å². The number of halogens is 1. The minimum absolute atomic E-state index is 0.236. The Morgan fingerprint density at radius 1 is 1.15 bits per heavy atom. The van der Waals surface area contributed by atoms with Gasteiger partial charge in [0.2, 0.25) is 0 Å². The average Bonchev–Trinajstić information content (AvgIpc) is 2.65. The monoisotopic (exact) mass is 384 g/mol. The molecule has 1 saturated heterocycles. The van der Waals surface area contributed by atoms with E-state index in [1.54, 1.807) is 0 Å². The minimum atomic E-state index is -0.692. The van der Waals surface area contributed by atoms with E-state index in [9.17, 15) is 9.90 Å². The second-order valence-corrected chi connectivity index (χ2v) is 7.66. The molecular formula is C22H25ClN2O2. The molecule has 3 rings (SSSR count). The van der Waals surface area contributed by atoms with Gasteiger partial charge in [0, 0.05) is 35.1 Å². The largest absolute Gasteiger partial charge is 0.481 e. The van der Waals surface area contributed by atoms with Gasteiger partial charge in [-0.1, -0.05) is 23.7 Å². The quantitative estimate of drug-likeness (QED) is 0.718. The van der Waals surface area contributed by atoms with Crippen molar-refractivity contribution >= 4 is 34.7 Å². The van der Waals surface area contributed by atoms with Gasteiger partial charge in [0.25, 0.3) is 0 Å². The molecular weight excluding hydrogens is 360 g/mol. The zero-order chi connectivity index (χ0) is 19.6. The number of rotatable bonds is 4. The van der Waals surface area contributed by atoms with Crippen LogP contribution in [0.1, 0.15) is 36.5 Å². The van der Waals surface area contributed by atoms with Crippen molar-refractivity contribution < 1.29 is 9.90 Å². The first-order valence-electron chi connectivity index (χ1n) is 9.25. The maximum absolute atomic E-state index is 11.2. The van der Waals surface area contributed by atoms with Gasteiger partial charge >= 0.3 is 5.97 Å². The molecule has 5 heteroatoms. The van der Waals surface area contributed by atoms with Crippen LogP contribution in [-0.4, -0.2) is 29.9 Å². The molecule has 0 aromatic heterocycles. The van der Waals surface area contributed by atoms with Crippen LogP contribution >= 0.6 is 11.6 Å². The number of benzene rings is 2. The smallest absolute Gasteiger partial charge is 0.306 e. The highest BCUT2D eigenvalue weighted by Gasteiger charge is 2.25. The fraction of sp³-hybridized carbons (Fsp3) is 0.364. The Bertz CT molecular complexity index is 884. The number of carboxylic acid groups (broad SMARTS) is 1. The normalized spacial score (nSPS) is 15.9. The summed E-state index contributed by atoms with van der Waals surface area (Å²) in [7, 11) is 0. The molecule has 1 heterocycles. The van der Waals surface area contributed by atoms with E-state index in [-0.39, 0.29) is 5.92 Å². The third-order valence-corrected chi connectivity index (χ3v) is 5.53. The summed E-state index contributed by atoms with van der Waals surface area (Å²) < 4.78 is 0. The molecule has 1 fully saturated rings. The van der Waals surface area contributed by atoms with Crippen molar-refractivity contribution in [2.45, 2.75) is 33.6 Å². The van der Waals surface area contributed by atoms with Gasteiger partial charge < -0.3 is 10.0 Å². The van der Waals surface area contributed by atoms with Crippen LogP contribution in [0.15, 0.2) is 41.4 Å². The van der Waals surface area contributed by atoms with Crippen LogP contribution in [0.3, 0.4) is 0 Å². The fourth-order valence-electron chi connectivity index (χ4n) is 3.45. The van der Waals surface area contributed by atoms with E-state index in [1.807, 2.05) is 19.1 Å². The third-order valence-electron chi connectivity index (χ3n) is 5.20.